The first-order chi connectivity index (χ1) is 16.7. The maximum Gasteiger partial charge on any atom is 0.323 e. The fourth-order valence-electron chi connectivity index (χ4n) is 3.69. The molecule has 0 bridgehead atoms. The third-order valence-electron chi connectivity index (χ3n) is 5.27. The first-order valence-corrected chi connectivity index (χ1v) is 10.6. The van der Waals surface area contributed by atoms with Crippen molar-refractivity contribution >= 4 is 40.0 Å². The van der Waals surface area contributed by atoms with E-state index >= 15 is 0 Å². The van der Waals surface area contributed by atoms with Gasteiger partial charge in [-0.2, -0.15) is 0 Å². The van der Waals surface area contributed by atoms with Crippen LogP contribution in [0.2, 0.25) is 0 Å². The van der Waals surface area contributed by atoms with Crippen LogP contribution in [0, 0.1) is 11.6 Å². The van der Waals surface area contributed by atoms with Gasteiger partial charge in [0.1, 0.15) is 35.2 Å². The molecule has 4 aromatic rings. The highest BCUT2D eigenvalue weighted by molar-refractivity contribution is 6.18. The summed E-state index contributed by atoms with van der Waals surface area (Å²) >= 11 is 0. The molecule has 0 aliphatic rings. The average Bonchev–Trinajstić information content (AvgIpc) is 3.19. The SMILES string of the molecule is COc1ccc(C(=O)c2cn(C(C)C)c3ncnc(N)c23)cc1NC(=O)Nc1cc(F)cc(F)c1. The minimum atomic E-state index is -0.839. The smallest absolute Gasteiger partial charge is 0.323 e. The van der Waals surface area contributed by atoms with Crippen LogP contribution in [-0.4, -0.2) is 33.5 Å². The number of nitrogens with two attached hydrogens (primary N) is 1. The fraction of sp³-hybridized carbons (Fsp3) is 0.167. The van der Waals surface area contributed by atoms with E-state index in [0.29, 0.717) is 22.7 Å². The maximum absolute atomic E-state index is 13.5. The molecule has 0 fully saturated rings. The molecule has 4 N–H and O–H groups in total. The number of ketones is 1. The molecule has 2 heterocycles. The molecule has 0 saturated heterocycles. The summed E-state index contributed by atoms with van der Waals surface area (Å²) in [5, 5.41) is 5.32. The Morgan fingerprint density at radius 2 is 1.77 bits per heavy atom. The summed E-state index contributed by atoms with van der Waals surface area (Å²) in [5.74, 6) is -1.60. The van der Waals surface area contributed by atoms with Crippen LogP contribution >= 0.6 is 0 Å². The van der Waals surface area contributed by atoms with Gasteiger partial charge in [-0.15, -0.1) is 0 Å². The predicted octanol–water partition coefficient (Wildman–Crippen LogP) is 4.76. The van der Waals surface area contributed by atoms with Gasteiger partial charge in [0.05, 0.1) is 23.7 Å². The second kappa shape index (κ2) is 9.37. The van der Waals surface area contributed by atoms with Gasteiger partial charge in [0, 0.05) is 29.6 Å². The number of aromatic nitrogens is 3. The van der Waals surface area contributed by atoms with Crippen molar-refractivity contribution in [2.45, 2.75) is 19.9 Å². The number of hydrogen-bond acceptors (Lipinski definition) is 6. The minimum absolute atomic E-state index is 0.0119. The molecule has 0 spiro atoms. The molecule has 11 heteroatoms. The quantitative estimate of drug-likeness (QED) is 0.342. The van der Waals surface area contributed by atoms with Crippen LogP contribution in [0.5, 0.6) is 5.75 Å². The van der Waals surface area contributed by atoms with Crippen molar-refractivity contribution in [1.29, 1.82) is 0 Å². The van der Waals surface area contributed by atoms with E-state index in [4.69, 9.17) is 10.5 Å². The summed E-state index contributed by atoms with van der Waals surface area (Å²) in [4.78, 5) is 34.2. The third-order valence-corrected chi connectivity index (χ3v) is 5.27. The number of nitrogens with zero attached hydrogens (tertiary/aromatic N) is 3. The normalized spacial score (nSPS) is 11.0. The first kappa shape index (κ1) is 23.6. The number of carbonyl (C=O) groups is 2. The van der Waals surface area contributed by atoms with E-state index in [1.165, 1.54) is 25.6 Å². The van der Waals surface area contributed by atoms with Gasteiger partial charge in [0.25, 0.3) is 0 Å². The van der Waals surface area contributed by atoms with E-state index in [-0.39, 0.29) is 40.3 Å². The Morgan fingerprint density at radius 1 is 1.06 bits per heavy atom. The highest BCUT2D eigenvalue weighted by Gasteiger charge is 2.22. The van der Waals surface area contributed by atoms with Crippen LogP contribution in [0.15, 0.2) is 48.9 Å². The lowest BCUT2D eigenvalue weighted by Gasteiger charge is -2.13. The van der Waals surface area contributed by atoms with Gasteiger partial charge in [0.15, 0.2) is 5.78 Å². The van der Waals surface area contributed by atoms with Crippen LogP contribution in [0.3, 0.4) is 0 Å². The molecule has 0 unspecified atom stereocenters. The van der Waals surface area contributed by atoms with Crippen molar-refractivity contribution in [3.63, 3.8) is 0 Å². The van der Waals surface area contributed by atoms with Crippen LogP contribution in [0.25, 0.3) is 11.0 Å². The van der Waals surface area contributed by atoms with Gasteiger partial charge in [0.2, 0.25) is 0 Å². The van der Waals surface area contributed by atoms with E-state index in [2.05, 4.69) is 20.6 Å². The van der Waals surface area contributed by atoms with E-state index in [9.17, 15) is 18.4 Å². The van der Waals surface area contributed by atoms with Crippen LogP contribution < -0.4 is 21.1 Å². The summed E-state index contributed by atoms with van der Waals surface area (Å²) in [5.41, 5.74) is 7.24. The standard InChI is InChI=1S/C24H22F2N6O3/c1-12(2)32-10-17(20-22(27)28-11-29-23(20)32)21(33)13-4-5-19(35-3)18(6-13)31-24(34)30-16-8-14(25)7-15(26)9-16/h4-12H,1-3H3,(H2,27,28,29)(H2,30,31,34). The molecule has 4 rings (SSSR count). The second-order valence-corrected chi connectivity index (χ2v) is 7.98. The number of amides is 2. The van der Waals surface area contributed by atoms with Crippen molar-refractivity contribution in [3.8, 4) is 5.75 Å². The third kappa shape index (κ3) is 4.74. The molecule has 0 aliphatic heterocycles. The van der Waals surface area contributed by atoms with E-state index < -0.39 is 17.7 Å². The number of nitrogens with one attached hydrogen (secondary N) is 2. The number of urea groups is 1. The van der Waals surface area contributed by atoms with E-state index in [1.807, 2.05) is 18.4 Å². The molecule has 9 nitrogen and oxygen atoms in total. The Kier molecular flexibility index (Phi) is 6.32. The highest BCUT2D eigenvalue weighted by atomic mass is 19.1. The number of rotatable bonds is 6. The highest BCUT2D eigenvalue weighted by Crippen LogP contribution is 2.31. The summed E-state index contributed by atoms with van der Waals surface area (Å²) < 4.78 is 34.0. The number of halogens is 2. The Bertz CT molecular complexity index is 1430. The van der Waals surface area contributed by atoms with Gasteiger partial charge >= 0.3 is 6.03 Å². The number of benzene rings is 2. The van der Waals surface area contributed by atoms with Crippen molar-refractivity contribution in [2.75, 3.05) is 23.5 Å². The van der Waals surface area contributed by atoms with E-state index in [1.54, 1.807) is 12.3 Å². The zero-order chi connectivity index (χ0) is 25.3. The summed E-state index contributed by atoms with van der Waals surface area (Å²) in [6.45, 7) is 3.90. The molecule has 2 aromatic heterocycles. The summed E-state index contributed by atoms with van der Waals surface area (Å²) in [6, 6.07) is 6.36. The molecule has 2 aromatic carbocycles. The topological polar surface area (TPSA) is 124 Å². The molecule has 180 valence electrons. The summed E-state index contributed by atoms with van der Waals surface area (Å²) in [7, 11) is 1.40. The molecule has 0 aliphatic carbocycles. The molecule has 0 atom stereocenters. The Morgan fingerprint density at radius 3 is 2.43 bits per heavy atom. The zero-order valence-electron chi connectivity index (χ0n) is 19.1. The monoisotopic (exact) mass is 480 g/mol. The van der Waals surface area contributed by atoms with Crippen LogP contribution in [0.1, 0.15) is 35.8 Å². The van der Waals surface area contributed by atoms with Crippen molar-refractivity contribution < 1.29 is 23.1 Å². The average molecular weight is 480 g/mol. The molecule has 0 radical (unpaired) electrons. The number of nitrogen functional groups attached to an aromatic ring is 1. The molecular weight excluding hydrogens is 458 g/mol. The Balaban J connectivity index is 1.67. The number of methoxy groups -OCH3 is 1. The summed E-state index contributed by atoms with van der Waals surface area (Å²) in [6.07, 6.45) is 3.01. The Hall–Kier alpha value is -4.54. The number of anilines is 3. The molecular formula is C24H22F2N6O3. The van der Waals surface area contributed by atoms with E-state index in [0.717, 1.165) is 12.1 Å². The fourth-order valence-corrected chi connectivity index (χ4v) is 3.69. The number of hydrogen-bond donors (Lipinski definition) is 3. The molecule has 2 amide bonds. The number of carbonyl (C=O) groups excluding carboxylic acids is 2. The second-order valence-electron chi connectivity index (χ2n) is 7.98. The van der Waals surface area contributed by atoms with Gasteiger partial charge in [-0.1, -0.05) is 0 Å². The first-order valence-electron chi connectivity index (χ1n) is 10.6. The largest absolute Gasteiger partial charge is 0.495 e. The van der Waals surface area contributed by atoms with Crippen molar-refractivity contribution in [1.82, 2.24) is 14.5 Å². The Labute approximate surface area is 198 Å². The van der Waals surface area contributed by atoms with Crippen LogP contribution in [0.4, 0.5) is 30.8 Å². The molecule has 0 saturated carbocycles. The lowest BCUT2D eigenvalue weighted by atomic mass is 10.0. The van der Waals surface area contributed by atoms with Crippen LogP contribution in [-0.2, 0) is 0 Å². The van der Waals surface area contributed by atoms with Crippen molar-refractivity contribution in [3.05, 3.63) is 71.7 Å². The lowest BCUT2D eigenvalue weighted by molar-refractivity contribution is 0.104. The van der Waals surface area contributed by atoms with Gasteiger partial charge < -0.3 is 25.7 Å². The van der Waals surface area contributed by atoms with Gasteiger partial charge in [-0.05, 0) is 44.2 Å². The number of fused-ring (bicyclic) bond motifs is 1. The predicted molar refractivity (Wildman–Crippen MR) is 128 cm³/mol. The number of ether oxygens (including phenoxy) is 1. The van der Waals surface area contributed by atoms with Gasteiger partial charge in [-0.25, -0.2) is 23.5 Å². The maximum atomic E-state index is 13.5. The van der Waals surface area contributed by atoms with Gasteiger partial charge in [-0.3, -0.25) is 4.79 Å². The van der Waals surface area contributed by atoms with Crippen molar-refractivity contribution in [2.24, 2.45) is 0 Å². The zero-order valence-corrected chi connectivity index (χ0v) is 19.1. The molecule has 35 heavy (non-hydrogen) atoms. The lowest BCUT2D eigenvalue weighted by Crippen LogP contribution is -2.20. The minimum Gasteiger partial charge on any atom is -0.495 e.